The van der Waals surface area contributed by atoms with Crippen molar-refractivity contribution in [2.24, 2.45) is 5.14 Å². The number of piperazine rings is 1. The molecular formula is C17H15F5N6O3S. The lowest BCUT2D eigenvalue weighted by atomic mass is 10.1. The smallest absolute Gasteiger partial charge is 0.353 e. The lowest BCUT2D eigenvalue weighted by molar-refractivity contribution is -0.137. The molecule has 9 nitrogen and oxygen atoms in total. The molecule has 0 bridgehead atoms. The number of hydrogen-bond acceptors (Lipinski definition) is 7. The average molecular weight is 478 g/mol. The molecule has 0 spiro atoms. The van der Waals surface area contributed by atoms with Gasteiger partial charge < -0.3 is 10.2 Å². The van der Waals surface area contributed by atoms with Gasteiger partial charge in [0.1, 0.15) is 11.9 Å². The molecule has 2 aromatic rings. The normalized spacial score (nSPS) is 22.2. The Bertz CT molecular complexity index is 1190. The molecule has 0 saturated carbocycles. The Labute approximate surface area is 178 Å². The van der Waals surface area contributed by atoms with Gasteiger partial charge in [-0.1, -0.05) is 0 Å². The van der Waals surface area contributed by atoms with Gasteiger partial charge in [0, 0.05) is 43.8 Å². The summed E-state index contributed by atoms with van der Waals surface area (Å²) in [7, 11) is -4.20. The molecule has 0 aliphatic carbocycles. The lowest BCUT2D eigenvalue weighted by Gasteiger charge is -2.28. The van der Waals surface area contributed by atoms with Crippen molar-refractivity contribution >= 4 is 27.4 Å². The van der Waals surface area contributed by atoms with Crippen molar-refractivity contribution in [2.75, 3.05) is 29.9 Å². The van der Waals surface area contributed by atoms with E-state index in [-0.39, 0.29) is 31.1 Å². The average Bonchev–Trinajstić information content (AvgIpc) is 3.26. The van der Waals surface area contributed by atoms with Crippen LogP contribution in [0.4, 0.5) is 33.5 Å². The summed E-state index contributed by atoms with van der Waals surface area (Å²) < 4.78 is 89.9. The third kappa shape index (κ3) is 4.10. The van der Waals surface area contributed by atoms with E-state index in [0.717, 1.165) is 17.2 Å². The van der Waals surface area contributed by atoms with Crippen LogP contribution in [0, 0.1) is 0 Å². The van der Waals surface area contributed by atoms with Crippen molar-refractivity contribution in [1.82, 2.24) is 14.9 Å². The van der Waals surface area contributed by atoms with Gasteiger partial charge in [0.05, 0.1) is 11.1 Å². The fourth-order valence-corrected chi connectivity index (χ4v) is 3.95. The first-order valence-corrected chi connectivity index (χ1v) is 10.6. The number of fused-ring (bicyclic) bond motifs is 1. The largest absolute Gasteiger partial charge is 0.417 e. The number of aromatic nitrogens is 2. The lowest BCUT2D eigenvalue weighted by Crippen LogP contribution is -2.40. The maximum absolute atomic E-state index is 13.7. The summed E-state index contributed by atoms with van der Waals surface area (Å²) in [6.07, 6.45) is -3.25. The monoisotopic (exact) mass is 478 g/mol. The van der Waals surface area contributed by atoms with Gasteiger partial charge in [-0.25, -0.2) is 28.4 Å². The molecule has 2 saturated heterocycles. The van der Waals surface area contributed by atoms with E-state index in [1.165, 1.54) is 11.0 Å². The van der Waals surface area contributed by atoms with E-state index in [9.17, 15) is 35.2 Å². The molecule has 4 rings (SSSR count). The van der Waals surface area contributed by atoms with Crippen LogP contribution in [-0.4, -0.2) is 60.9 Å². The number of anilines is 2. The quantitative estimate of drug-likeness (QED) is 0.388. The van der Waals surface area contributed by atoms with Crippen molar-refractivity contribution in [3.05, 3.63) is 41.7 Å². The molecule has 2 aromatic heterocycles. The zero-order valence-corrected chi connectivity index (χ0v) is 16.8. The second kappa shape index (κ2) is 7.31. The summed E-state index contributed by atoms with van der Waals surface area (Å²) in [4.78, 5) is 22.4. The van der Waals surface area contributed by atoms with Gasteiger partial charge in [-0.2, -0.15) is 22.0 Å². The van der Waals surface area contributed by atoms with E-state index in [2.05, 4.69) is 15.3 Å². The highest BCUT2D eigenvalue weighted by atomic mass is 32.2. The summed E-state index contributed by atoms with van der Waals surface area (Å²) in [5.41, 5.74) is -1.82. The third-order valence-corrected chi connectivity index (χ3v) is 5.93. The van der Waals surface area contributed by atoms with Crippen LogP contribution in [0.5, 0.6) is 0 Å². The van der Waals surface area contributed by atoms with Crippen LogP contribution in [0.25, 0.3) is 0 Å². The van der Waals surface area contributed by atoms with Crippen molar-refractivity contribution in [3.63, 3.8) is 0 Å². The number of nitrogens with one attached hydrogen (secondary N) is 1. The molecule has 2 unspecified atom stereocenters. The van der Waals surface area contributed by atoms with E-state index >= 15 is 0 Å². The van der Waals surface area contributed by atoms with Crippen LogP contribution < -0.4 is 15.4 Å². The third-order valence-electron chi connectivity index (χ3n) is 5.12. The molecule has 0 aromatic carbocycles. The van der Waals surface area contributed by atoms with Crippen LogP contribution in [0.3, 0.4) is 0 Å². The summed E-state index contributed by atoms with van der Waals surface area (Å²) in [5, 5.41) is 6.70. The maximum Gasteiger partial charge on any atom is 0.417 e. The zero-order valence-electron chi connectivity index (χ0n) is 16.0. The van der Waals surface area contributed by atoms with E-state index in [1.54, 1.807) is 0 Å². The van der Waals surface area contributed by atoms with Gasteiger partial charge >= 0.3 is 12.2 Å². The van der Waals surface area contributed by atoms with E-state index in [4.69, 9.17) is 5.14 Å². The van der Waals surface area contributed by atoms with Gasteiger partial charge in [0.15, 0.2) is 5.03 Å². The van der Waals surface area contributed by atoms with Crippen LogP contribution in [0.15, 0.2) is 35.6 Å². The number of amides is 1. The Balaban J connectivity index is 1.67. The van der Waals surface area contributed by atoms with Crippen LogP contribution in [0.1, 0.15) is 15.9 Å². The standard InChI is InChI=1S/C17H15F5N6O3S/c18-16(19,20)9-5-11(15(29)26-10-1-2-24-13(6-10)32(23,30)31)14(25-7-9)27-3-4-28-12(8-27)17(28,21)22/h1-2,5-7,12H,3-4,8H2,(H2,23,30,31)(H,24,26,29). The highest BCUT2D eigenvalue weighted by molar-refractivity contribution is 7.89. The minimum atomic E-state index is -4.81. The van der Waals surface area contributed by atoms with Gasteiger partial charge in [0.2, 0.25) is 0 Å². The second-order valence-corrected chi connectivity index (χ2v) is 8.73. The summed E-state index contributed by atoms with van der Waals surface area (Å²) in [6.45, 7) is -0.254. The molecule has 4 heterocycles. The summed E-state index contributed by atoms with van der Waals surface area (Å²) in [6, 6.07) is -1.43. The highest BCUT2D eigenvalue weighted by Crippen LogP contribution is 2.46. The predicted octanol–water partition coefficient (Wildman–Crippen LogP) is 1.49. The first kappa shape index (κ1) is 22.3. The van der Waals surface area contributed by atoms with Crippen molar-refractivity contribution in [3.8, 4) is 0 Å². The number of sulfonamides is 1. The first-order chi connectivity index (χ1) is 14.8. The molecular weight excluding hydrogens is 463 g/mol. The number of halogens is 5. The number of carbonyl (C=O) groups is 1. The molecule has 172 valence electrons. The molecule has 32 heavy (non-hydrogen) atoms. The van der Waals surface area contributed by atoms with E-state index < -0.39 is 50.3 Å². The highest BCUT2D eigenvalue weighted by Gasteiger charge is 2.67. The maximum atomic E-state index is 13.7. The first-order valence-electron chi connectivity index (χ1n) is 9.05. The fraction of sp³-hybridized carbons (Fsp3) is 0.353. The molecule has 3 N–H and O–H groups in total. The Hall–Kier alpha value is -2.91. The van der Waals surface area contributed by atoms with Gasteiger partial charge in [0.25, 0.3) is 15.9 Å². The Morgan fingerprint density at radius 2 is 1.94 bits per heavy atom. The van der Waals surface area contributed by atoms with E-state index in [0.29, 0.717) is 12.3 Å². The summed E-state index contributed by atoms with van der Waals surface area (Å²) in [5.74, 6) is -1.24. The molecule has 1 amide bonds. The van der Waals surface area contributed by atoms with Crippen LogP contribution >= 0.6 is 0 Å². The number of primary sulfonamides is 1. The molecule has 0 radical (unpaired) electrons. The number of carbonyl (C=O) groups excluding carboxylic acids is 1. The van der Waals surface area contributed by atoms with Crippen molar-refractivity contribution in [1.29, 1.82) is 0 Å². The van der Waals surface area contributed by atoms with Crippen LogP contribution in [-0.2, 0) is 16.2 Å². The minimum Gasteiger partial charge on any atom is -0.353 e. The van der Waals surface area contributed by atoms with Crippen molar-refractivity contribution in [2.45, 2.75) is 23.3 Å². The molecule has 2 aliphatic rings. The topological polar surface area (TPSA) is 121 Å². The van der Waals surface area contributed by atoms with Gasteiger partial charge in [-0.05, 0) is 12.1 Å². The Kier molecular flexibility index (Phi) is 5.09. The summed E-state index contributed by atoms with van der Waals surface area (Å²) >= 11 is 0. The van der Waals surface area contributed by atoms with E-state index in [1.807, 2.05) is 0 Å². The van der Waals surface area contributed by atoms with Gasteiger partial charge in [-0.15, -0.1) is 0 Å². The molecule has 2 aliphatic heterocycles. The zero-order chi connectivity index (χ0) is 23.5. The second-order valence-electron chi connectivity index (χ2n) is 7.22. The number of nitrogens with two attached hydrogens (primary N) is 1. The SMILES string of the molecule is NS(=O)(=O)c1cc(NC(=O)c2cc(C(F)(F)F)cnc2N2CCN3C(C2)C3(F)F)ccn1. The fourth-order valence-electron chi connectivity index (χ4n) is 3.45. The number of pyridine rings is 2. The number of alkyl halides is 5. The Morgan fingerprint density at radius 3 is 2.56 bits per heavy atom. The minimum absolute atomic E-state index is 0.0234. The molecule has 15 heteroatoms. The number of hydrogen-bond donors (Lipinski definition) is 2. The van der Waals surface area contributed by atoms with Gasteiger partial charge in [-0.3, -0.25) is 4.79 Å². The Morgan fingerprint density at radius 1 is 1.22 bits per heavy atom. The predicted molar refractivity (Wildman–Crippen MR) is 100 cm³/mol. The van der Waals surface area contributed by atoms with Crippen molar-refractivity contribution < 1.29 is 35.2 Å². The van der Waals surface area contributed by atoms with Crippen LogP contribution in [0.2, 0.25) is 0 Å². The molecule has 2 fully saturated rings. The molecule has 2 atom stereocenters. The number of rotatable bonds is 4. The number of nitrogens with zero attached hydrogens (tertiary/aromatic N) is 4.